The average Bonchev–Trinajstić information content (AvgIpc) is 2.02. The van der Waals surface area contributed by atoms with E-state index in [0.717, 1.165) is 32.5 Å². The maximum Gasteiger partial charge on any atom is 0.185 e. The summed E-state index contributed by atoms with van der Waals surface area (Å²) in [5, 5.41) is 3.20. The number of aliphatic imine (C=N–C) groups is 1. The second-order valence-electron chi connectivity index (χ2n) is 2.55. The van der Waals surface area contributed by atoms with Gasteiger partial charge in [0.1, 0.15) is 0 Å². The van der Waals surface area contributed by atoms with Gasteiger partial charge in [-0.3, -0.25) is 4.99 Å². The molecule has 5 heteroatoms. The highest BCUT2D eigenvalue weighted by Crippen LogP contribution is 1.81. The van der Waals surface area contributed by atoms with Gasteiger partial charge in [-0.05, 0) is 25.9 Å². The van der Waals surface area contributed by atoms with Gasteiger partial charge in [-0.1, -0.05) is 0 Å². The van der Waals surface area contributed by atoms with E-state index in [9.17, 15) is 0 Å². The monoisotopic (exact) mass is 173 g/mol. The lowest BCUT2D eigenvalue weighted by Crippen LogP contribution is -2.25. The molecule has 0 aliphatic carbocycles. The lowest BCUT2D eigenvalue weighted by Gasteiger charge is -2.00. The van der Waals surface area contributed by atoms with Crippen molar-refractivity contribution in [2.24, 2.45) is 22.2 Å². The fourth-order valence-corrected chi connectivity index (χ4v) is 0.783. The van der Waals surface area contributed by atoms with Gasteiger partial charge >= 0.3 is 0 Å². The van der Waals surface area contributed by atoms with Gasteiger partial charge in [0, 0.05) is 6.54 Å². The molecule has 5 nitrogen and oxygen atoms in total. The molecule has 0 unspecified atom stereocenters. The molecule has 0 aromatic heterocycles. The zero-order valence-electron chi connectivity index (χ0n) is 7.42. The Hall–Kier alpha value is -0.810. The van der Waals surface area contributed by atoms with Gasteiger partial charge in [0.05, 0.1) is 6.54 Å². The van der Waals surface area contributed by atoms with Crippen molar-refractivity contribution in [3.63, 3.8) is 0 Å². The first kappa shape index (κ1) is 11.2. The van der Waals surface area contributed by atoms with Crippen molar-refractivity contribution < 1.29 is 0 Å². The summed E-state index contributed by atoms with van der Waals surface area (Å²) >= 11 is 0. The molecule has 0 atom stereocenters. The third-order valence-electron chi connectivity index (χ3n) is 1.39. The number of rotatable bonds is 7. The van der Waals surface area contributed by atoms with Crippen LogP contribution in [-0.2, 0) is 0 Å². The van der Waals surface area contributed by atoms with E-state index in [1.165, 1.54) is 0 Å². The van der Waals surface area contributed by atoms with Crippen molar-refractivity contribution in [2.45, 2.75) is 12.8 Å². The van der Waals surface area contributed by atoms with Gasteiger partial charge in [-0.15, -0.1) is 0 Å². The molecule has 0 saturated carbocycles. The Balaban J connectivity index is 2.96. The predicted octanol–water partition coefficient (Wildman–Crippen LogP) is -1.41. The van der Waals surface area contributed by atoms with Crippen LogP contribution in [-0.4, -0.2) is 32.1 Å². The third kappa shape index (κ3) is 9.19. The highest BCUT2D eigenvalue weighted by molar-refractivity contribution is 5.75. The topological polar surface area (TPSA) is 102 Å². The van der Waals surface area contributed by atoms with Gasteiger partial charge in [0.15, 0.2) is 5.96 Å². The Morgan fingerprint density at radius 2 is 1.92 bits per heavy atom. The minimum atomic E-state index is 0.152. The van der Waals surface area contributed by atoms with Gasteiger partial charge in [-0.25, -0.2) is 0 Å². The molecule has 0 amide bonds. The van der Waals surface area contributed by atoms with E-state index in [1.54, 1.807) is 0 Å². The summed E-state index contributed by atoms with van der Waals surface area (Å²) in [6, 6.07) is 0. The van der Waals surface area contributed by atoms with Crippen molar-refractivity contribution in [3.8, 4) is 0 Å². The van der Waals surface area contributed by atoms with E-state index in [-0.39, 0.29) is 5.96 Å². The van der Waals surface area contributed by atoms with Gasteiger partial charge in [0.2, 0.25) is 0 Å². The number of nitrogens with zero attached hydrogens (tertiary/aromatic N) is 1. The van der Waals surface area contributed by atoms with Gasteiger partial charge in [0.25, 0.3) is 0 Å². The predicted molar refractivity (Wildman–Crippen MR) is 51.8 cm³/mol. The number of nitrogens with two attached hydrogens (primary N) is 3. The molecule has 0 aliphatic rings. The molecule has 7 N–H and O–H groups in total. The lowest BCUT2D eigenvalue weighted by molar-refractivity contribution is 0.632. The normalized spacial score (nSPS) is 9.75. The number of guanidine groups is 1. The standard InChI is InChI=1S/C7H19N5/c8-3-1-2-4-11-5-6-12-7(9)10/h11H,1-6,8H2,(H4,9,10,12). The lowest BCUT2D eigenvalue weighted by atomic mass is 10.3. The fraction of sp³-hybridized carbons (Fsp3) is 0.857. The van der Waals surface area contributed by atoms with Crippen LogP contribution < -0.4 is 22.5 Å². The van der Waals surface area contributed by atoms with E-state index < -0.39 is 0 Å². The van der Waals surface area contributed by atoms with E-state index in [2.05, 4.69) is 10.3 Å². The maximum absolute atomic E-state index is 5.33. The molecule has 0 heterocycles. The molecule has 0 aliphatic heterocycles. The number of unbranched alkanes of at least 4 members (excludes halogenated alkanes) is 1. The van der Waals surface area contributed by atoms with Crippen LogP contribution >= 0.6 is 0 Å². The van der Waals surface area contributed by atoms with Crippen LogP contribution in [0, 0.1) is 0 Å². The average molecular weight is 173 g/mol. The molecule has 0 bridgehead atoms. The largest absolute Gasteiger partial charge is 0.370 e. The number of nitrogens with one attached hydrogen (secondary N) is 1. The maximum atomic E-state index is 5.33. The van der Waals surface area contributed by atoms with Crippen molar-refractivity contribution >= 4 is 5.96 Å². The van der Waals surface area contributed by atoms with Crippen molar-refractivity contribution in [1.29, 1.82) is 0 Å². The Morgan fingerprint density at radius 1 is 1.17 bits per heavy atom. The first-order chi connectivity index (χ1) is 5.77. The van der Waals surface area contributed by atoms with Crippen LogP contribution in [0.2, 0.25) is 0 Å². The number of hydrogen-bond acceptors (Lipinski definition) is 3. The minimum absolute atomic E-state index is 0.152. The summed E-state index contributed by atoms with van der Waals surface area (Å²) in [7, 11) is 0. The highest BCUT2D eigenvalue weighted by Gasteiger charge is 1.86. The van der Waals surface area contributed by atoms with Crippen LogP contribution in [0.25, 0.3) is 0 Å². The summed E-state index contributed by atoms with van der Waals surface area (Å²) in [6.45, 7) is 3.21. The highest BCUT2D eigenvalue weighted by atomic mass is 15.0. The molecule has 12 heavy (non-hydrogen) atoms. The SMILES string of the molecule is NCCCCNCCN=C(N)N. The first-order valence-corrected chi connectivity index (χ1v) is 4.23. The summed E-state index contributed by atoms with van der Waals surface area (Å²) in [6.07, 6.45) is 2.17. The van der Waals surface area contributed by atoms with E-state index in [0.29, 0.717) is 6.54 Å². The smallest absolute Gasteiger partial charge is 0.185 e. The van der Waals surface area contributed by atoms with Gasteiger partial charge < -0.3 is 22.5 Å². The second-order valence-corrected chi connectivity index (χ2v) is 2.55. The second kappa shape index (κ2) is 8.29. The summed E-state index contributed by atoms with van der Waals surface area (Å²) in [4.78, 5) is 3.83. The van der Waals surface area contributed by atoms with Crippen LogP contribution in [0.15, 0.2) is 4.99 Å². The quantitative estimate of drug-likeness (QED) is 0.216. The van der Waals surface area contributed by atoms with Crippen molar-refractivity contribution in [2.75, 3.05) is 26.2 Å². The summed E-state index contributed by atoms with van der Waals surface area (Å²) in [5.74, 6) is 0.152. The Kier molecular flexibility index (Phi) is 7.73. The fourth-order valence-electron chi connectivity index (χ4n) is 0.783. The molecule has 0 spiro atoms. The summed E-state index contributed by atoms with van der Waals surface area (Å²) in [5.41, 5.74) is 15.6. The molecular weight excluding hydrogens is 154 g/mol. The van der Waals surface area contributed by atoms with E-state index >= 15 is 0 Å². The Labute approximate surface area is 73.4 Å². The minimum Gasteiger partial charge on any atom is -0.370 e. The number of hydrogen-bond donors (Lipinski definition) is 4. The summed E-state index contributed by atoms with van der Waals surface area (Å²) < 4.78 is 0. The van der Waals surface area contributed by atoms with E-state index in [4.69, 9.17) is 17.2 Å². The van der Waals surface area contributed by atoms with Crippen LogP contribution in [0.1, 0.15) is 12.8 Å². The van der Waals surface area contributed by atoms with Crippen molar-refractivity contribution in [1.82, 2.24) is 5.32 Å². The molecule has 0 aromatic carbocycles. The van der Waals surface area contributed by atoms with Crippen molar-refractivity contribution in [3.05, 3.63) is 0 Å². The van der Waals surface area contributed by atoms with Crippen LogP contribution in [0.5, 0.6) is 0 Å². The molecule has 0 radical (unpaired) electrons. The van der Waals surface area contributed by atoms with Gasteiger partial charge in [-0.2, -0.15) is 0 Å². The third-order valence-corrected chi connectivity index (χ3v) is 1.39. The first-order valence-electron chi connectivity index (χ1n) is 4.23. The van der Waals surface area contributed by atoms with E-state index in [1.807, 2.05) is 0 Å². The molecule has 0 rings (SSSR count). The molecule has 0 fully saturated rings. The van der Waals surface area contributed by atoms with Crippen LogP contribution in [0.4, 0.5) is 0 Å². The zero-order chi connectivity index (χ0) is 9.23. The Bertz CT molecular complexity index is 119. The van der Waals surface area contributed by atoms with Crippen LogP contribution in [0.3, 0.4) is 0 Å². The molecule has 0 saturated heterocycles. The zero-order valence-corrected chi connectivity index (χ0v) is 7.42. The molecular formula is C7H19N5. The molecule has 0 aromatic rings. The molecule has 72 valence electrons. The Morgan fingerprint density at radius 3 is 2.50 bits per heavy atom.